The smallest absolute Gasteiger partial charge is 0.00199 e. The lowest BCUT2D eigenvalue weighted by molar-refractivity contribution is 0.773. The van der Waals surface area contributed by atoms with E-state index in [1.54, 1.807) is 0 Å². The van der Waals surface area contributed by atoms with Crippen LogP contribution >= 0.6 is 0 Å². The van der Waals surface area contributed by atoms with E-state index in [4.69, 9.17) is 0 Å². The molecule has 0 nitrogen and oxygen atoms in total. The van der Waals surface area contributed by atoms with E-state index in [1.165, 1.54) is 22.3 Å². The fraction of sp³-hybridized carbons (Fsp3) is 0.333. The van der Waals surface area contributed by atoms with Gasteiger partial charge < -0.3 is 0 Å². The van der Waals surface area contributed by atoms with Gasteiger partial charge in [0.1, 0.15) is 0 Å². The van der Waals surface area contributed by atoms with Gasteiger partial charge in [0, 0.05) is 5.92 Å². The molecular weight excluding hydrogens is 180 g/mol. The molecule has 0 saturated heterocycles. The molecule has 0 radical (unpaired) electrons. The van der Waals surface area contributed by atoms with E-state index >= 15 is 0 Å². The van der Waals surface area contributed by atoms with E-state index in [9.17, 15) is 0 Å². The summed E-state index contributed by atoms with van der Waals surface area (Å²) in [4.78, 5) is 0. The summed E-state index contributed by atoms with van der Waals surface area (Å²) in [5, 5.41) is 0. The second-order valence-electron chi connectivity index (χ2n) is 4.16. The van der Waals surface area contributed by atoms with Crippen LogP contribution in [-0.2, 0) is 0 Å². The van der Waals surface area contributed by atoms with Crippen LogP contribution in [0.5, 0.6) is 0 Å². The van der Waals surface area contributed by atoms with Gasteiger partial charge in [-0.05, 0) is 30.9 Å². The van der Waals surface area contributed by atoms with E-state index in [0.29, 0.717) is 5.92 Å². The van der Waals surface area contributed by atoms with Gasteiger partial charge >= 0.3 is 0 Å². The second-order valence-corrected chi connectivity index (χ2v) is 4.16. The van der Waals surface area contributed by atoms with E-state index in [1.807, 2.05) is 12.2 Å². The molecule has 1 aliphatic rings. The number of hydrogen-bond acceptors (Lipinski definition) is 0. The summed E-state index contributed by atoms with van der Waals surface area (Å²) in [7, 11) is 0. The van der Waals surface area contributed by atoms with Crippen LogP contribution in [0, 0.1) is 5.92 Å². The molecule has 80 valence electrons. The first-order chi connectivity index (χ1) is 7.07. The number of rotatable bonds is 2. The van der Waals surface area contributed by atoms with Crippen LogP contribution in [0.3, 0.4) is 0 Å². The molecule has 1 rings (SSSR count). The molecule has 0 aromatic heterocycles. The van der Waals surface area contributed by atoms with Crippen molar-refractivity contribution < 1.29 is 0 Å². The van der Waals surface area contributed by atoms with Crippen LogP contribution in [0.1, 0.15) is 26.7 Å². The summed E-state index contributed by atoms with van der Waals surface area (Å²) in [6, 6.07) is 0. The van der Waals surface area contributed by atoms with Crippen molar-refractivity contribution in [3.8, 4) is 0 Å². The topological polar surface area (TPSA) is 0 Å². The summed E-state index contributed by atoms with van der Waals surface area (Å²) in [5.41, 5.74) is 5.20. The normalized spacial score (nSPS) is 23.5. The molecular formula is C15H20. The SMILES string of the molecule is C=CC=CC1=C(C)C(=C)CCC(=C)C1C. The average Bonchev–Trinajstić information content (AvgIpc) is 2.31. The van der Waals surface area contributed by atoms with Crippen LogP contribution in [0.15, 0.2) is 60.3 Å². The Labute approximate surface area is 93.4 Å². The summed E-state index contributed by atoms with van der Waals surface area (Å²) < 4.78 is 0. The Morgan fingerprint density at radius 2 is 1.93 bits per heavy atom. The van der Waals surface area contributed by atoms with Crippen molar-refractivity contribution in [3.63, 3.8) is 0 Å². The van der Waals surface area contributed by atoms with E-state index in [2.05, 4.69) is 39.7 Å². The van der Waals surface area contributed by atoms with Gasteiger partial charge in [-0.1, -0.05) is 56.0 Å². The summed E-state index contributed by atoms with van der Waals surface area (Å²) in [5.74, 6) is 0.431. The molecule has 0 aliphatic heterocycles. The predicted molar refractivity (Wildman–Crippen MR) is 68.7 cm³/mol. The molecule has 1 unspecified atom stereocenters. The highest BCUT2D eigenvalue weighted by atomic mass is 14.2. The molecule has 0 saturated carbocycles. The third-order valence-corrected chi connectivity index (χ3v) is 3.20. The van der Waals surface area contributed by atoms with E-state index < -0.39 is 0 Å². The Balaban J connectivity index is 3.15. The van der Waals surface area contributed by atoms with Crippen LogP contribution in [-0.4, -0.2) is 0 Å². The van der Waals surface area contributed by atoms with Gasteiger partial charge in [-0.15, -0.1) is 0 Å². The third kappa shape index (κ3) is 2.59. The third-order valence-electron chi connectivity index (χ3n) is 3.20. The zero-order valence-corrected chi connectivity index (χ0v) is 9.84. The van der Waals surface area contributed by atoms with Crippen molar-refractivity contribution in [1.29, 1.82) is 0 Å². The minimum atomic E-state index is 0.431. The van der Waals surface area contributed by atoms with Crippen LogP contribution in [0.4, 0.5) is 0 Å². The standard InChI is InChI=1S/C15H20/c1-6-7-8-15-13(4)11(2)9-10-12(3)14(15)5/h6-8,13H,1-3,9-10H2,4-5H3. The fourth-order valence-corrected chi connectivity index (χ4v) is 1.91. The maximum absolute atomic E-state index is 4.15. The lowest BCUT2D eigenvalue weighted by Crippen LogP contribution is -2.00. The van der Waals surface area contributed by atoms with Gasteiger partial charge in [-0.2, -0.15) is 0 Å². The summed E-state index contributed by atoms with van der Waals surface area (Å²) >= 11 is 0. The fourth-order valence-electron chi connectivity index (χ4n) is 1.91. The zero-order valence-electron chi connectivity index (χ0n) is 9.84. The Hall–Kier alpha value is -1.30. The van der Waals surface area contributed by atoms with Crippen molar-refractivity contribution in [2.24, 2.45) is 5.92 Å². The van der Waals surface area contributed by atoms with E-state index in [0.717, 1.165) is 12.8 Å². The van der Waals surface area contributed by atoms with Crippen LogP contribution in [0.25, 0.3) is 0 Å². The molecule has 0 fully saturated rings. The highest BCUT2D eigenvalue weighted by Gasteiger charge is 2.18. The van der Waals surface area contributed by atoms with Crippen molar-refractivity contribution >= 4 is 0 Å². The largest absolute Gasteiger partial charge is 0.0992 e. The molecule has 1 atom stereocenters. The second kappa shape index (κ2) is 4.97. The monoisotopic (exact) mass is 200 g/mol. The highest BCUT2D eigenvalue weighted by molar-refractivity contribution is 5.44. The molecule has 0 bridgehead atoms. The predicted octanol–water partition coefficient (Wildman–Crippen LogP) is 4.59. The molecule has 0 aromatic rings. The molecule has 0 heterocycles. The summed E-state index contributed by atoms with van der Waals surface area (Å²) in [6.07, 6.45) is 8.03. The quantitative estimate of drug-likeness (QED) is 0.452. The Morgan fingerprint density at radius 3 is 2.53 bits per heavy atom. The Bertz CT molecular complexity index is 350. The molecule has 0 aromatic carbocycles. The lowest BCUT2D eigenvalue weighted by atomic mass is 9.91. The van der Waals surface area contributed by atoms with Gasteiger partial charge in [0.15, 0.2) is 0 Å². The van der Waals surface area contributed by atoms with Gasteiger partial charge in [0.2, 0.25) is 0 Å². The highest BCUT2D eigenvalue weighted by Crippen LogP contribution is 2.34. The molecule has 15 heavy (non-hydrogen) atoms. The van der Waals surface area contributed by atoms with Crippen molar-refractivity contribution in [3.05, 3.63) is 60.3 Å². The molecule has 0 heteroatoms. The van der Waals surface area contributed by atoms with Gasteiger partial charge in [0.25, 0.3) is 0 Å². The minimum absolute atomic E-state index is 0.431. The first-order valence-corrected chi connectivity index (χ1v) is 5.43. The Morgan fingerprint density at radius 1 is 1.27 bits per heavy atom. The van der Waals surface area contributed by atoms with Crippen LogP contribution < -0.4 is 0 Å². The zero-order chi connectivity index (χ0) is 11.4. The van der Waals surface area contributed by atoms with Crippen molar-refractivity contribution in [2.75, 3.05) is 0 Å². The molecule has 0 N–H and O–H groups in total. The van der Waals surface area contributed by atoms with Gasteiger partial charge in [-0.25, -0.2) is 0 Å². The lowest BCUT2D eigenvalue weighted by Gasteiger charge is -2.14. The molecule has 1 aliphatic carbocycles. The summed E-state index contributed by atoms with van der Waals surface area (Å²) in [6.45, 7) is 16.3. The maximum atomic E-state index is 4.15. The van der Waals surface area contributed by atoms with E-state index in [-0.39, 0.29) is 0 Å². The van der Waals surface area contributed by atoms with Crippen molar-refractivity contribution in [2.45, 2.75) is 26.7 Å². The first-order valence-electron chi connectivity index (χ1n) is 5.43. The first kappa shape index (κ1) is 11.8. The van der Waals surface area contributed by atoms with Gasteiger partial charge in [0.05, 0.1) is 0 Å². The molecule has 0 spiro atoms. The number of allylic oxidation sites excluding steroid dienone is 7. The van der Waals surface area contributed by atoms with Crippen molar-refractivity contribution in [1.82, 2.24) is 0 Å². The van der Waals surface area contributed by atoms with Gasteiger partial charge in [-0.3, -0.25) is 0 Å². The Kier molecular flexibility index (Phi) is 3.90. The average molecular weight is 200 g/mol. The molecule has 0 amide bonds. The minimum Gasteiger partial charge on any atom is -0.0992 e. The van der Waals surface area contributed by atoms with Crippen LogP contribution in [0.2, 0.25) is 0 Å². The maximum Gasteiger partial charge on any atom is 0.00199 e. The number of hydrogen-bond donors (Lipinski definition) is 0.